The normalized spacial score (nSPS) is 23.3. The minimum absolute atomic E-state index is 0.0267. The van der Waals surface area contributed by atoms with Gasteiger partial charge < -0.3 is 40.8 Å². The van der Waals surface area contributed by atoms with Crippen molar-refractivity contribution in [2.24, 2.45) is 11.8 Å². The van der Waals surface area contributed by atoms with Crippen molar-refractivity contribution in [3.63, 3.8) is 0 Å². The molecule has 1 aliphatic carbocycles. The number of ether oxygens (including phenoxy) is 3. The van der Waals surface area contributed by atoms with Gasteiger partial charge in [0.05, 0.1) is 42.7 Å². The number of aliphatic hydroxyl groups excluding tert-OH is 2. The summed E-state index contributed by atoms with van der Waals surface area (Å²) in [7, 11) is 0. The molecule has 2 fully saturated rings. The fourth-order valence-corrected chi connectivity index (χ4v) is 6.43. The zero-order chi connectivity index (χ0) is 35.3. The topological polar surface area (TPSA) is 187 Å². The number of unbranched alkanes of at least 4 members (excludes halogenated alkanes) is 3. The second-order valence-electron chi connectivity index (χ2n) is 14.4. The summed E-state index contributed by atoms with van der Waals surface area (Å²) in [5.41, 5.74) is 4.67. The van der Waals surface area contributed by atoms with E-state index in [9.17, 15) is 24.6 Å². The van der Waals surface area contributed by atoms with Crippen LogP contribution in [0, 0.1) is 11.8 Å². The fraction of sp³-hybridized carbons (Fsp3) is 0.824. The summed E-state index contributed by atoms with van der Waals surface area (Å²) in [5, 5.41) is 25.3. The molecule has 0 spiro atoms. The van der Waals surface area contributed by atoms with E-state index >= 15 is 0 Å². The average Bonchev–Trinajstić information content (AvgIpc) is 3.41. The van der Waals surface area contributed by atoms with E-state index in [-0.39, 0.29) is 46.7 Å². The van der Waals surface area contributed by atoms with Gasteiger partial charge in [0.25, 0.3) is 5.91 Å². The van der Waals surface area contributed by atoms with Gasteiger partial charge in [-0.05, 0) is 78.6 Å². The summed E-state index contributed by atoms with van der Waals surface area (Å²) >= 11 is 5.76. The third-order valence-corrected chi connectivity index (χ3v) is 9.71. The molecule has 2 unspecified atom stereocenters. The van der Waals surface area contributed by atoms with Gasteiger partial charge in [-0.1, -0.05) is 19.3 Å². The second kappa shape index (κ2) is 19.2. The molecule has 2 heterocycles. The molecular formula is C34H58ClN5O8. The van der Waals surface area contributed by atoms with E-state index in [1.807, 2.05) is 13.8 Å². The Bertz CT molecular complexity index is 1220. The van der Waals surface area contributed by atoms with E-state index in [2.05, 4.69) is 29.5 Å². The average molecular weight is 700 g/mol. The number of anilines is 1. The molecular weight excluding hydrogens is 642 g/mol. The standard InChI is InChI=1S/C34H58ClN5O8/c1-33(2,13-7-5-6-8-15-35)46-17-14-34(3,4)47-18-16-37-30(43)24-11-9-23(10-12-24)20-38-31(44)25-21-40(32(45)39-29(25)36)28-19-26(42)27(22-41)48-28/h21,23-24,26-28,41-42H,5-20,22H2,1-4H3,(H,37,43)(H,38,44)(H2,36,39,45)/t23?,24?,26?,27?,28-/m1/s1. The van der Waals surface area contributed by atoms with Crippen molar-refractivity contribution < 1.29 is 34.0 Å². The van der Waals surface area contributed by atoms with Crippen molar-refractivity contribution in [1.29, 1.82) is 0 Å². The molecule has 1 aliphatic heterocycles. The summed E-state index contributed by atoms with van der Waals surface area (Å²) in [6.45, 7) is 9.83. The monoisotopic (exact) mass is 699 g/mol. The highest BCUT2D eigenvalue weighted by molar-refractivity contribution is 6.17. The molecule has 6 N–H and O–H groups in total. The van der Waals surface area contributed by atoms with Crippen molar-refractivity contribution in [3.05, 3.63) is 22.2 Å². The van der Waals surface area contributed by atoms with Crippen LogP contribution in [-0.2, 0) is 19.0 Å². The number of carbonyl (C=O) groups is 2. The number of hydrogen-bond acceptors (Lipinski definition) is 10. The third-order valence-electron chi connectivity index (χ3n) is 9.44. The first-order chi connectivity index (χ1) is 22.7. The molecule has 3 atom stereocenters. The number of rotatable bonds is 20. The zero-order valence-electron chi connectivity index (χ0n) is 29.2. The predicted molar refractivity (Wildman–Crippen MR) is 184 cm³/mol. The van der Waals surface area contributed by atoms with Crippen LogP contribution in [0.2, 0.25) is 0 Å². The Kier molecular flexibility index (Phi) is 16.1. The highest BCUT2D eigenvalue weighted by Gasteiger charge is 2.35. The van der Waals surface area contributed by atoms with E-state index < -0.39 is 36.6 Å². The lowest BCUT2D eigenvalue weighted by molar-refractivity contribution is -0.127. The predicted octanol–water partition coefficient (Wildman–Crippen LogP) is 3.29. The van der Waals surface area contributed by atoms with Gasteiger partial charge in [-0.15, -0.1) is 11.6 Å². The van der Waals surface area contributed by atoms with Crippen LogP contribution in [0.15, 0.2) is 11.0 Å². The number of alkyl halides is 1. The van der Waals surface area contributed by atoms with Gasteiger partial charge in [0.2, 0.25) is 5.91 Å². The Morgan fingerprint density at radius 3 is 2.38 bits per heavy atom. The molecule has 2 aliphatic rings. The van der Waals surface area contributed by atoms with Crippen molar-refractivity contribution in [2.75, 3.05) is 44.5 Å². The Morgan fingerprint density at radius 2 is 1.71 bits per heavy atom. The lowest BCUT2D eigenvalue weighted by atomic mass is 9.81. The number of aromatic nitrogens is 2. The molecule has 274 valence electrons. The molecule has 14 heteroatoms. The molecule has 1 saturated carbocycles. The van der Waals surface area contributed by atoms with E-state index in [1.165, 1.54) is 12.6 Å². The number of aliphatic hydroxyl groups is 2. The van der Waals surface area contributed by atoms with Crippen LogP contribution in [0.25, 0.3) is 0 Å². The largest absolute Gasteiger partial charge is 0.394 e. The first-order valence-electron chi connectivity index (χ1n) is 17.5. The molecule has 2 amide bonds. The van der Waals surface area contributed by atoms with E-state index in [0.717, 1.165) is 68.2 Å². The highest BCUT2D eigenvalue weighted by Crippen LogP contribution is 2.30. The fourth-order valence-electron chi connectivity index (χ4n) is 6.24. The minimum atomic E-state index is -0.945. The molecule has 1 saturated heterocycles. The lowest BCUT2D eigenvalue weighted by Crippen LogP contribution is -2.39. The van der Waals surface area contributed by atoms with Crippen molar-refractivity contribution >= 4 is 29.2 Å². The number of hydrogen-bond donors (Lipinski definition) is 5. The Labute approximate surface area is 289 Å². The summed E-state index contributed by atoms with van der Waals surface area (Å²) < 4.78 is 18.9. The lowest BCUT2D eigenvalue weighted by Gasteiger charge is -2.30. The SMILES string of the molecule is CC(C)(CCCCCCCl)OCCC(C)(C)OCCNC(=O)C1CCC(CNC(=O)c2cn([C@H]3CC(O)C(CO)O3)c(=O)nc2N)CC1. The van der Waals surface area contributed by atoms with Gasteiger partial charge in [0, 0.05) is 37.5 Å². The quantitative estimate of drug-likeness (QED) is 0.0999. The maximum atomic E-state index is 13.0. The van der Waals surface area contributed by atoms with Crippen LogP contribution < -0.4 is 22.1 Å². The third kappa shape index (κ3) is 12.9. The van der Waals surface area contributed by atoms with Crippen molar-refractivity contribution in [3.8, 4) is 0 Å². The van der Waals surface area contributed by atoms with Crippen LogP contribution in [0.5, 0.6) is 0 Å². The van der Waals surface area contributed by atoms with Crippen LogP contribution >= 0.6 is 11.6 Å². The second-order valence-corrected chi connectivity index (χ2v) is 14.8. The molecule has 0 radical (unpaired) electrons. The summed E-state index contributed by atoms with van der Waals surface area (Å²) in [4.78, 5) is 42.0. The first-order valence-corrected chi connectivity index (χ1v) is 18.0. The molecule has 0 bridgehead atoms. The molecule has 48 heavy (non-hydrogen) atoms. The molecule has 0 aromatic carbocycles. The van der Waals surface area contributed by atoms with Crippen LogP contribution in [0.1, 0.15) is 115 Å². The number of nitrogens with two attached hydrogens (primary N) is 1. The van der Waals surface area contributed by atoms with Gasteiger partial charge in [0.15, 0.2) is 0 Å². The first kappa shape index (κ1) is 40.1. The number of halogens is 1. The van der Waals surface area contributed by atoms with Crippen LogP contribution in [0.3, 0.4) is 0 Å². The van der Waals surface area contributed by atoms with Crippen LogP contribution in [0.4, 0.5) is 5.82 Å². The minimum Gasteiger partial charge on any atom is -0.394 e. The summed E-state index contributed by atoms with van der Waals surface area (Å²) in [5.74, 6) is 0.197. The van der Waals surface area contributed by atoms with Gasteiger partial charge in [-0.25, -0.2) is 4.79 Å². The Hall–Kier alpha value is -2.29. The number of nitrogen functional groups attached to an aromatic ring is 1. The molecule has 1 aromatic rings. The van der Waals surface area contributed by atoms with E-state index in [4.69, 9.17) is 31.5 Å². The zero-order valence-corrected chi connectivity index (χ0v) is 29.9. The van der Waals surface area contributed by atoms with Gasteiger partial charge in [-0.2, -0.15) is 4.98 Å². The highest BCUT2D eigenvalue weighted by atomic mass is 35.5. The maximum absolute atomic E-state index is 13.0. The number of carbonyl (C=O) groups excluding carboxylic acids is 2. The number of amides is 2. The summed E-state index contributed by atoms with van der Waals surface area (Å²) in [6, 6.07) is 0. The maximum Gasteiger partial charge on any atom is 0.351 e. The van der Waals surface area contributed by atoms with Crippen LogP contribution in [-0.4, -0.2) is 93.8 Å². The molecule has 1 aromatic heterocycles. The van der Waals surface area contributed by atoms with Crippen molar-refractivity contribution in [1.82, 2.24) is 20.2 Å². The summed E-state index contributed by atoms with van der Waals surface area (Å²) in [6.07, 6.45) is 8.05. The molecule has 13 nitrogen and oxygen atoms in total. The Balaban J connectivity index is 1.32. The number of nitrogens with one attached hydrogen (secondary N) is 2. The van der Waals surface area contributed by atoms with Gasteiger partial charge in [-0.3, -0.25) is 14.2 Å². The number of nitrogens with zero attached hydrogens (tertiary/aromatic N) is 2. The van der Waals surface area contributed by atoms with E-state index in [0.29, 0.717) is 26.3 Å². The van der Waals surface area contributed by atoms with Crippen molar-refractivity contribution in [2.45, 2.75) is 128 Å². The van der Waals surface area contributed by atoms with Gasteiger partial charge in [0.1, 0.15) is 18.1 Å². The van der Waals surface area contributed by atoms with Gasteiger partial charge >= 0.3 is 5.69 Å². The smallest absolute Gasteiger partial charge is 0.351 e. The molecule has 3 rings (SSSR count). The van der Waals surface area contributed by atoms with E-state index in [1.54, 1.807) is 0 Å². The Morgan fingerprint density at radius 1 is 1.04 bits per heavy atom.